The molecule has 26 heavy (non-hydrogen) atoms. The zero-order chi connectivity index (χ0) is 18.7. The first-order valence-electron chi connectivity index (χ1n) is 9.25. The molecule has 3 rings (SSSR count). The molecule has 0 fully saturated rings. The van der Waals surface area contributed by atoms with Crippen molar-refractivity contribution in [2.45, 2.75) is 39.5 Å². The van der Waals surface area contributed by atoms with Gasteiger partial charge in [0.25, 0.3) is 0 Å². The van der Waals surface area contributed by atoms with Crippen molar-refractivity contribution in [1.82, 2.24) is 5.32 Å². The molecule has 0 spiro atoms. The van der Waals surface area contributed by atoms with Crippen LogP contribution >= 0.6 is 12.2 Å². The number of hydrogen-bond donors (Lipinski definition) is 1. The summed E-state index contributed by atoms with van der Waals surface area (Å²) in [6.07, 6.45) is 2.01. The predicted octanol–water partition coefficient (Wildman–Crippen LogP) is 4.45. The van der Waals surface area contributed by atoms with Crippen molar-refractivity contribution in [3.8, 4) is 0 Å². The van der Waals surface area contributed by atoms with E-state index in [1.54, 1.807) is 0 Å². The molecule has 1 heterocycles. The third kappa shape index (κ3) is 4.13. The highest BCUT2D eigenvalue weighted by Crippen LogP contribution is 2.27. The second kappa shape index (κ2) is 8.00. The molecule has 0 radical (unpaired) electrons. The number of hydrogen-bond acceptors (Lipinski definition) is 2. The summed E-state index contributed by atoms with van der Waals surface area (Å²) >= 11 is 5.50. The molecule has 1 aliphatic heterocycles. The van der Waals surface area contributed by atoms with Gasteiger partial charge < -0.3 is 10.2 Å². The summed E-state index contributed by atoms with van der Waals surface area (Å²) in [6.45, 7) is 7.16. The van der Waals surface area contributed by atoms with Crippen LogP contribution in [-0.2, 0) is 17.6 Å². The number of thiocarbonyl (C=S) groups is 1. The number of carbonyl (C=O) groups excluding carboxylic acids is 1. The van der Waals surface area contributed by atoms with Gasteiger partial charge in [-0.05, 0) is 60.7 Å². The highest BCUT2D eigenvalue weighted by molar-refractivity contribution is 7.80. The van der Waals surface area contributed by atoms with E-state index in [4.69, 9.17) is 12.2 Å². The van der Waals surface area contributed by atoms with Gasteiger partial charge in [0.1, 0.15) is 0 Å². The summed E-state index contributed by atoms with van der Waals surface area (Å²) in [7, 11) is 0. The Hall–Kier alpha value is -2.20. The minimum absolute atomic E-state index is 0.0593. The molecule has 1 unspecified atom stereocenters. The van der Waals surface area contributed by atoms with Gasteiger partial charge >= 0.3 is 0 Å². The number of para-hydroxylation sites is 1. The summed E-state index contributed by atoms with van der Waals surface area (Å²) in [5, 5.41) is 3.42. The standard InChI is InChI=1S/C22H26N2OS/c1-15(2)14-17-8-10-18(11-9-17)16(3)21(25)23-22(26)24-13-12-19-6-4-5-7-20(19)24/h4-11,15-16H,12-14H2,1-3H3,(H,23,25,26). The lowest BCUT2D eigenvalue weighted by atomic mass is 9.96. The quantitative estimate of drug-likeness (QED) is 0.811. The lowest BCUT2D eigenvalue weighted by molar-refractivity contribution is -0.120. The molecule has 1 aliphatic rings. The van der Waals surface area contributed by atoms with Crippen molar-refractivity contribution in [1.29, 1.82) is 0 Å². The van der Waals surface area contributed by atoms with Crippen LogP contribution in [0.15, 0.2) is 48.5 Å². The maximum Gasteiger partial charge on any atom is 0.233 e. The Morgan fingerprint density at radius 1 is 1.12 bits per heavy atom. The molecule has 136 valence electrons. The summed E-state index contributed by atoms with van der Waals surface area (Å²) in [4.78, 5) is 14.7. The van der Waals surface area contributed by atoms with E-state index in [1.807, 2.05) is 24.0 Å². The van der Waals surface area contributed by atoms with Crippen LogP contribution in [-0.4, -0.2) is 17.6 Å². The van der Waals surface area contributed by atoms with Gasteiger partial charge in [-0.15, -0.1) is 0 Å². The normalized spacial score (nSPS) is 14.2. The minimum Gasteiger partial charge on any atom is -0.318 e. The van der Waals surface area contributed by atoms with Crippen molar-refractivity contribution in [3.63, 3.8) is 0 Å². The van der Waals surface area contributed by atoms with Crippen molar-refractivity contribution in [3.05, 3.63) is 65.2 Å². The van der Waals surface area contributed by atoms with Crippen molar-refractivity contribution in [2.75, 3.05) is 11.4 Å². The molecule has 0 aliphatic carbocycles. The summed E-state index contributed by atoms with van der Waals surface area (Å²) in [6, 6.07) is 16.5. The van der Waals surface area contributed by atoms with E-state index >= 15 is 0 Å². The third-order valence-electron chi connectivity index (χ3n) is 4.88. The summed E-state index contributed by atoms with van der Waals surface area (Å²) < 4.78 is 0. The van der Waals surface area contributed by atoms with Crippen LogP contribution in [0.1, 0.15) is 43.4 Å². The van der Waals surface area contributed by atoms with E-state index in [0.717, 1.165) is 30.6 Å². The van der Waals surface area contributed by atoms with Crippen LogP contribution in [0, 0.1) is 5.92 Å². The average Bonchev–Trinajstić information content (AvgIpc) is 3.05. The van der Waals surface area contributed by atoms with Gasteiger partial charge in [0.05, 0.1) is 5.92 Å². The van der Waals surface area contributed by atoms with E-state index < -0.39 is 0 Å². The summed E-state index contributed by atoms with van der Waals surface area (Å²) in [5.74, 6) is 0.331. The van der Waals surface area contributed by atoms with Crippen LogP contribution in [0.3, 0.4) is 0 Å². The second-order valence-corrected chi connectivity index (χ2v) is 7.77. The van der Waals surface area contributed by atoms with Crippen LogP contribution in [0.5, 0.6) is 0 Å². The SMILES string of the molecule is CC(C)Cc1ccc(C(C)C(=O)NC(=S)N2CCc3ccccc32)cc1. The molecule has 2 aromatic rings. The number of anilines is 1. The first-order valence-corrected chi connectivity index (χ1v) is 9.65. The Morgan fingerprint density at radius 2 is 1.81 bits per heavy atom. The topological polar surface area (TPSA) is 32.3 Å². The lowest BCUT2D eigenvalue weighted by Gasteiger charge is -2.22. The van der Waals surface area contributed by atoms with Crippen LogP contribution in [0.4, 0.5) is 5.69 Å². The smallest absolute Gasteiger partial charge is 0.233 e. The number of fused-ring (bicyclic) bond motifs is 1. The average molecular weight is 367 g/mol. The Kier molecular flexibility index (Phi) is 5.72. The molecular formula is C22H26N2OS. The van der Waals surface area contributed by atoms with E-state index in [0.29, 0.717) is 11.0 Å². The van der Waals surface area contributed by atoms with Gasteiger partial charge in [-0.1, -0.05) is 56.3 Å². The number of rotatable bonds is 4. The fourth-order valence-electron chi connectivity index (χ4n) is 3.40. The number of carbonyl (C=O) groups is 1. The van der Waals surface area contributed by atoms with Crippen molar-refractivity contribution >= 4 is 28.9 Å². The molecule has 1 amide bonds. The number of amides is 1. The van der Waals surface area contributed by atoms with Crippen LogP contribution in [0.2, 0.25) is 0 Å². The molecular weight excluding hydrogens is 340 g/mol. The molecule has 0 saturated heterocycles. The molecule has 4 heteroatoms. The summed E-state index contributed by atoms with van der Waals surface area (Å²) in [5.41, 5.74) is 4.70. The largest absolute Gasteiger partial charge is 0.318 e. The first kappa shape index (κ1) is 18.6. The Labute approximate surface area is 161 Å². The first-order chi connectivity index (χ1) is 12.5. The molecule has 0 saturated carbocycles. The third-order valence-corrected chi connectivity index (χ3v) is 5.20. The van der Waals surface area contributed by atoms with Gasteiger partial charge in [-0.2, -0.15) is 0 Å². The van der Waals surface area contributed by atoms with Gasteiger partial charge in [-0.25, -0.2) is 0 Å². The molecule has 1 N–H and O–H groups in total. The fourth-order valence-corrected chi connectivity index (χ4v) is 3.69. The van der Waals surface area contributed by atoms with Crippen molar-refractivity contribution < 1.29 is 4.79 Å². The Balaban J connectivity index is 1.63. The molecule has 0 bridgehead atoms. The molecule has 1 atom stereocenters. The van der Waals surface area contributed by atoms with Gasteiger partial charge in [0.15, 0.2) is 5.11 Å². The fraction of sp³-hybridized carbons (Fsp3) is 0.364. The second-order valence-electron chi connectivity index (χ2n) is 7.39. The maximum absolute atomic E-state index is 12.7. The molecule has 0 aromatic heterocycles. The van der Waals surface area contributed by atoms with Crippen LogP contribution < -0.4 is 10.2 Å². The van der Waals surface area contributed by atoms with E-state index in [1.165, 1.54) is 11.1 Å². The highest BCUT2D eigenvalue weighted by atomic mass is 32.1. The van der Waals surface area contributed by atoms with Gasteiger partial charge in [-0.3, -0.25) is 4.79 Å². The van der Waals surface area contributed by atoms with Crippen LogP contribution in [0.25, 0.3) is 0 Å². The van der Waals surface area contributed by atoms with Gasteiger partial charge in [0, 0.05) is 12.2 Å². The highest BCUT2D eigenvalue weighted by Gasteiger charge is 2.24. The number of nitrogens with zero attached hydrogens (tertiary/aromatic N) is 1. The maximum atomic E-state index is 12.7. The van der Waals surface area contributed by atoms with Crippen molar-refractivity contribution in [2.24, 2.45) is 5.92 Å². The molecule has 3 nitrogen and oxygen atoms in total. The van der Waals surface area contributed by atoms with E-state index in [2.05, 4.69) is 55.6 Å². The number of benzene rings is 2. The van der Waals surface area contributed by atoms with E-state index in [-0.39, 0.29) is 11.8 Å². The molecule has 2 aromatic carbocycles. The lowest BCUT2D eigenvalue weighted by Crippen LogP contribution is -2.43. The monoisotopic (exact) mass is 366 g/mol. The number of nitrogens with one attached hydrogen (secondary N) is 1. The predicted molar refractivity (Wildman–Crippen MR) is 112 cm³/mol. The van der Waals surface area contributed by atoms with E-state index in [9.17, 15) is 4.79 Å². The Morgan fingerprint density at radius 3 is 2.50 bits per heavy atom. The minimum atomic E-state index is -0.237. The zero-order valence-corrected chi connectivity index (χ0v) is 16.5. The zero-order valence-electron chi connectivity index (χ0n) is 15.7. The Bertz CT molecular complexity index is 798. The van der Waals surface area contributed by atoms with Gasteiger partial charge in [0.2, 0.25) is 5.91 Å².